The first-order valence-corrected chi connectivity index (χ1v) is 8.78. The Morgan fingerprint density at radius 3 is 2.72 bits per heavy atom. The third-order valence-corrected chi connectivity index (χ3v) is 4.25. The Morgan fingerprint density at radius 1 is 1.10 bits per heavy atom. The summed E-state index contributed by atoms with van der Waals surface area (Å²) in [5.41, 5.74) is 8.81. The predicted octanol–water partition coefficient (Wildman–Crippen LogP) is 2.51. The molecule has 0 saturated carbocycles. The van der Waals surface area contributed by atoms with Crippen molar-refractivity contribution in [3.63, 3.8) is 0 Å². The van der Waals surface area contributed by atoms with Gasteiger partial charge in [-0.3, -0.25) is 9.50 Å². The molecule has 29 heavy (non-hydrogen) atoms. The number of nitrogens with one attached hydrogen (secondary N) is 2. The molecule has 0 radical (unpaired) electrons. The summed E-state index contributed by atoms with van der Waals surface area (Å²) in [5, 5.41) is 14.0. The second kappa shape index (κ2) is 6.41. The van der Waals surface area contributed by atoms with Crippen molar-refractivity contribution in [2.45, 2.75) is 13.8 Å². The number of hydrogen-bond acceptors (Lipinski definition) is 9. The molecule has 4 N–H and O–H groups in total. The fraction of sp³-hybridized carbons (Fsp3) is 0.111. The number of pyridine rings is 1. The first-order chi connectivity index (χ1) is 14.1. The highest BCUT2D eigenvalue weighted by atomic mass is 16.5. The molecule has 144 valence electrons. The number of rotatable bonds is 4. The standard InChI is InChI=1S/C18H16N10O/c1-9-7-12(29-27-9)11-3-4-14-24-17(23-13-5-6-20-26-13)15(28(14)8-11)16-21-10(2)22-18(19)25-16/h3-8H,1-2H3,(H2,20,23,26)(H2,19,21,22,25). The Kier molecular flexibility index (Phi) is 3.72. The number of hydrogen-bond donors (Lipinski definition) is 3. The van der Waals surface area contributed by atoms with E-state index in [1.54, 1.807) is 19.2 Å². The number of nitrogen functional groups attached to an aromatic ring is 1. The fourth-order valence-electron chi connectivity index (χ4n) is 3.05. The van der Waals surface area contributed by atoms with Gasteiger partial charge in [-0.1, -0.05) is 5.16 Å². The minimum atomic E-state index is 0.134. The Hall–Kier alpha value is -4.28. The molecule has 0 saturated heterocycles. The van der Waals surface area contributed by atoms with Crippen molar-refractivity contribution in [2.75, 3.05) is 11.1 Å². The molecule has 0 atom stereocenters. The van der Waals surface area contributed by atoms with E-state index in [1.165, 1.54) is 0 Å². The van der Waals surface area contributed by atoms with Crippen molar-refractivity contribution < 1.29 is 4.52 Å². The second-order valence-corrected chi connectivity index (χ2v) is 6.44. The molecule has 0 spiro atoms. The van der Waals surface area contributed by atoms with E-state index in [0.29, 0.717) is 40.4 Å². The van der Waals surface area contributed by atoms with Crippen LogP contribution in [0.4, 0.5) is 17.6 Å². The summed E-state index contributed by atoms with van der Waals surface area (Å²) < 4.78 is 7.27. The predicted molar refractivity (Wildman–Crippen MR) is 105 cm³/mol. The molecular formula is C18H16N10O. The number of fused-ring (bicyclic) bond motifs is 1. The molecule has 11 nitrogen and oxygen atoms in total. The van der Waals surface area contributed by atoms with Gasteiger partial charge in [0.25, 0.3) is 0 Å². The van der Waals surface area contributed by atoms with Gasteiger partial charge in [0.1, 0.15) is 17.2 Å². The maximum absolute atomic E-state index is 5.87. The lowest BCUT2D eigenvalue weighted by atomic mass is 10.2. The van der Waals surface area contributed by atoms with Crippen LogP contribution in [0.1, 0.15) is 11.5 Å². The summed E-state index contributed by atoms with van der Waals surface area (Å²) in [4.78, 5) is 17.5. The van der Waals surface area contributed by atoms with E-state index < -0.39 is 0 Å². The molecule has 0 aliphatic rings. The Labute approximate surface area is 164 Å². The zero-order valence-corrected chi connectivity index (χ0v) is 15.6. The van der Waals surface area contributed by atoms with Gasteiger partial charge in [-0.15, -0.1) is 0 Å². The third-order valence-electron chi connectivity index (χ3n) is 4.25. The van der Waals surface area contributed by atoms with Crippen LogP contribution in [0.5, 0.6) is 0 Å². The lowest BCUT2D eigenvalue weighted by Crippen LogP contribution is -2.05. The van der Waals surface area contributed by atoms with Crippen molar-refractivity contribution in [3.8, 4) is 22.8 Å². The van der Waals surface area contributed by atoms with E-state index >= 15 is 0 Å². The first kappa shape index (κ1) is 16.9. The fourth-order valence-corrected chi connectivity index (χ4v) is 3.05. The van der Waals surface area contributed by atoms with Crippen LogP contribution < -0.4 is 11.1 Å². The third kappa shape index (κ3) is 3.04. The molecule has 5 aromatic heterocycles. The molecule has 5 rings (SSSR count). The highest BCUT2D eigenvalue weighted by molar-refractivity contribution is 5.77. The van der Waals surface area contributed by atoms with Crippen LogP contribution >= 0.6 is 0 Å². The molecule has 0 fully saturated rings. The molecular weight excluding hydrogens is 372 g/mol. The first-order valence-electron chi connectivity index (χ1n) is 8.78. The van der Waals surface area contributed by atoms with E-state index in [0.717, 1.165) is 11.3 Å². The summed E-state index contributed by atoms with van der Waals surface area (Å²) in [6.45, 7) is 3.63. The largest absolute Gasteiger partial charge is 0.368 e. The topological polar surface area (TPSA) is 149 Å². The molecule has 0 aliphatic heterocycles. The van der Waals surface area contributed by atoms with E-state index in [9.17, 15) is 0 Å². The minimum absolute atomic E-state index is 0.134. The highest BCUT2D eigenvalue weighted by Gasteiger charge is 2.20. The summed E-state index contributed by atoms with van der Waals surface area (Å²) in [5.74, 6) is 2.83. The van der Waals surface area contributed by atoms with Gasteiger partial charge >= 0.3 is 0 Å². The average molecular weight is 388 g/mol. The van der Waals surface area contributed by atoms with Crippen LogP contribution in [0.2, 0.25) is 0 Å². The van der Waals surface area contributed by atoms with Crippen LogP contribution in [0.3, 0.4) is 0 Å². The minimum Gasteiger partial charge on any atom is -0.368 e. The number of anilines is 3. The second-order valence-electron chi connectivity index (χ2n) is 6.44. The SMILES string of the molecule is Cc1cc(-c2ccc3nc(Nc4cc[nH]n4)c(-c4nc(C)nc(N)n4)n3c2)on1. The van der Waals surface area contributed by atoms with E-state index in [-0.39, 0.29) is 5.95 Å². The Balaban J connectivity index is 1.74. The summed E-state index contributed by atoms with van der Waals surface area (Å²) >= 11 is 0. The number of aromatic nitrogens is 8. The number of H-pyrrole nitrogens is 1. The van der Waals surface area contributed by atoms with Crippen molar-refractivity contribution in [3.05, 3.63) is 48.2 Å². The molecule has 11 heteroatoms. The van der Waals surface area contributed by atoms with Crippen LogP contribution in [-0.4, -0.2) is 39.7 Å². The Bertz CT molecular complexity index is 1300. The van der Waals surface area contributed by atoms with Gasteiger partial charge in [-0.05, 0) is 26.0 Å². The van der Waals surface area contributed by atoms with Gasteiger partial charge in [0.05, 0.1) is 5.69 Å². The van der Waals surface area contributed by atoms with E-state index in [4.69, 9.17) is 10.3 Å². The van der Waals surface area contributed by atoms with Gasteiger partial charge in [0.2, 0.25) is 5.95 Å². The number of aromatic amines is 1. The van der Waals surface area contributed by atoms with Gasteiger partial charge in [-0.2, -0.15) is 15.1 Å². The van der Waals surface area contributed by atoms with Gasteiger partial charge in [-0.25, -0.2) is 9.97 Å². The molecule has 0 unspecified atom stereocenters. The lowest BCUT2D eigenvalue weighted by Gasteiger charge is -2.06. The lowest BCUT2D eigenvalue weighted by molar-refractivity contribution is 0.427. The quantitative estimate of drug-likeness (QED) is 0.422. The van der Waals surface area contributed by atoms with E-state index in [2.05, 4.69) is 40.6 Å². The summed E-state index contributed by atoms with van der Waals surface area (Å²) in [6, 6.07) is 7.45. The van der Waals surface area contributed by atoms with Crippen molar-refractivity contribution in [2.24, 2.45) is 0 Å². The van der Waals surface area contributed by atoms with Crippen molar-refractivity contribution in [1.82, 2.24) is 39.7 Å². The van der Waals surface area contributed by atoms with Crippen LogP contribution in [0.15, 0.2) is 41.2 Å². The number of nitrogens with two attached hydrogens (primary N) is 1. The molecule has 0 bridgehead atoms. The van der Waals surface area contributed by atoms with Crippen LogP contribution in [0.25, 0.3) is 28.5 Å². The van der Waals surface area contributed by atoms with Crippen molar-refractivity contribution in [1.29, 1.82) is 0 Å². The molecule has 0 aromatic carbocycles. The zero-order chi connectivity index (χ0) is 20.0. The van der Waals surface area contributed by atoms with Gasteiger partial charge in [0.15, 0.2) is 23.2 Å². The number of imidazole rings is 1. The van der Waals surface area contributed by atoms with Crippen molar-refractivity contribution >= 4 is 23.2 Å². The van der Waals surface area contributed by atoms with Gasteiger partial charge < -0.3 is 15.6 Å². The smallest absolute Gasteiger partial charge is 0.223 e. The van der Waals surface area contributed by atoms with E-state index in [1.807, 2.05) is 35.7 Å². The highest BCUT2D eigenvalue weighted by Crippen LogP contribution is 2.31. The van der Waals surface area contributed by atoms with Crippen LogP contribution in [0, 0.1) is 13.8 Å². The monoisotopic (exact) mass is 388 g/mol. The molecule has 5 heterocycles. The molecule has 5 aromatic rings. The summed E-state index contributed by atoms with van der Waals surface area (Å²) in [6.07, 6.45) is 3.61. The maximum Gasteiger partial charge on any atom is 0.223 e. The maximum atomic E-state index is 5.87. The molecule has 0 amide bonds. The van der Waals surface area contributed by atoms with Crippen LogP contribution in [-0.2, 0) is 0 Å². The summed E-state index contributed by atoms with van der Waals surface area (Å²) in [7, 11) is 0. The molecule has 0 aliphatic carbocycles. The average Bonchev–Trinajstić information content (AvgIpc) is 3.40. The Morgan fingerprint density at radius 2 is 2.00 bits per heavy atom. The van der Waals surface area contributed by atoms with Gasteiger partial charge in [0, 0.05) is 30.1 Å². The number of nitrogens with zero attached hydrogens (tertiary/aromatic N) is 7. The zero-order valence-electron chi connectivity index (χ0n) is 15.6. The normalized spacial score (nSPS) is 11.2. The number of aryl methyl sites for hydroxylation is 2.